The molecular formula is C31H28N4O8. The molecule has 0 heterocycles. The maximum atomic E-state index is 12.5. The number of nitro groups is 2. The van der Waals surface area contributed by atoms with Gasteiger partial charge in [-0.15, -0.1) is 0 Å². The third-order valence-corrected chi connectivity index (χ3v) is 6.31. The fourth-order valence-electron chi connectivity index (χ4n) is 3.94. The number of ether oxygens (including phenoxy) is 2. The first-order valence-electron chi connectivity index (χ1n) is 13.2. The van der Waals surface area contributed by atoms with Gasteiger partial charge in [-0.1, -0.05) is 24.3 Å². The zero-order chi connectivity index (χ0) is 30.9. The topological polar surface area (TPSA) is 163 Å². The van der Waals surface area contributed by atoms with Gasteiger partial charge in [-0.2, -0.15) is 0 Å². The molecule has 220 valence electrons. The highest BCUT2D eigenvalue weighted by molar-refractivity contribution is 5.94. The number of amides is 2. The third-order valence-electron chi connectivity index (χ3n) is 6.31. The second kappa shape index (κ2) is 13.7. The average molecular weight is 585 g/mol. The van der Waals surface area contributed by atoms with E-state index in [0.29, 0.717) is 29.3 Å². The minimum Gasteiger partial charge on any atom is -0.481 e. The van der Waals surface area contributed by atoms with Crippen molar-refractivity contribution >= 4 is 34.6 Å². The Balaban J connectivity index is 1.24. The van der Waals surface area contributed by atoms with Crippen molar-refractivity contribution in [3.8, 4) is 11.5 Å². The molecule has 0 spiro atoms. The Hall–Kier alpha value is -5.78. The number of hydrogen-bond donors (Lipinski definition) is 2. The summed E-state index contributed by atoms with van der Waals surface area (Å²) in [6.45, 7) is 3.17. The van der Waals surface area contributed by atoms with Crippen LogP contribution in [0.3, 0.4) is 0 Å². The van der Waals surface area contributed by atoms with Gasteiger partial charge in [0.05, 0.1) is 9.85 Å². The van der Waals surface area contributed by atoms with E-state index >= 15 is 0 Å². The molecule has 2 amide bonds. The van der Waals surface area contributed by atoms with Gasteiger partial charge in [0.1, 0.15) is 11.5 Å². The summed E-state index contributed by atoms with van der Waals surface area (Å²) in [7, 11) is 0. The Morgan fingerprint density at radius 2 is 0.930 bits per heavy atom. The molecule has 4 rings (SSSR count). The second-order valence-corrected chi connectivity index (χ2v) is 9.57. The minimum atomic E-state index is -0.822. The van der Waals surface area contributed by atoms with Crippen LogP contribution in [0.1, 0.15) is 25.0 Å². The molecule has 0 aliphatic heterocycles. The molecule has 0 bridgehead atoms. The molecular weight excluding hydrogens is 556 g/mol. The van der Waals surface area contributed by atoms with Crippen LogP contribution in [0.4, 0.5) is 22.7 Å². The van der Waals surface area contributed by atoms with Gasteiger partial charge in [0.2, 0.25) is 0 Å². The van der Waals surface area contributed by atoms with Crippen molar-refractivity contribution in [2.45, 2.75) is 32.5 Å². The molecule has 0 aliphatic rings. The van der Waals surface area contributed by atoms with E-state index in [9.17, 15) is 29.8 Å². The van der Waals surface area contributed by atoms with Crippen molar-refractivity contribution in [3.05, 3.63) is 128 Å². The average Bonchev–Trinajstić information content (AvgIpc) is 2.99. The second-order valence-electron chi connectivity index (χ2n) is 9.57. The van der Waals surface area contributed by atoms with E-state index in [4.69, 9.17) is 9.47 Å². The van der Waals surface area contributed by atoms with Crippen LogP contribution in [0.25, 0.3) is 0 Å². The molecule has 0 fully saturated rings. The van der Waals surface area contributed by atoms with Crippen molar-refractivity contribution in [2.75, 3.05) is 10.6 Å². The van der Waals surface area contributed by atoms with Gasteiger partial charge in [0.15, 0.2) is 12.2 Å². The van der Waals surface area contributed by atoms with E-state index in [1.165, 1.54) is 48.5 Å². The summed E-state index contributed by atoms with van der Waals surface area (Å²) >= 11 is 0. The van der Waals surface area contributed by atoms with Crippen molar-refractivity contribution in [1.82, 2.24) is 0 Å². The van der Waals surface area contributed by atoms with E-state index in [1.54, 1.807) is 38.1 Å². The van der Waals surface area contributed by atoms with Gasteiger partial charge in [-0.05, 0) is 79.9 Å². The van der Waals surface area contributed by atoms with Crippen molar-refractivity contribution in [2.24, 2.45) is 0 Å². The maximum absolute atomic E-state index is 12.5. The lowest BCUT2D eigenvalue weighted by atomic mass is 10.0. The molecule has 2 atom stereocenters. The number of carbonyl (C=O) groups is 2. The van der Waals surface area contributed by atoms with Crippen molar-refractivity contribution in [1.29, 1.82) is 0 Å². The Labute approximate surface area is 246 Å². The minimum absolute atomic E-state index is 0.0641. The predicted molar refractivity (Wildman–Crippen MR) is 159 cm³/mol. The standard InChI is InChI=1S/C31H28N4O8/c1-20(42-28-15-11-26(12-16-28)34(38)39)30(36)32-24-7-3-22(4-8-24)19-23-5-9-25(10-6-23)33-31(37)21(2)43-29-17-13-27(14-18-29)35(40)41/h3-18,20-21H,19H2,1-2H3,(H,32,36)(H,33,37). The number of nitro benzene ring substituents is 2. The van der Waals surface area contributed by atoms with E-state index < -0.39 is 22.1 Å². The number of rotatable bonds is 12. The first kappa shape index (κ1) is 30.2. The predicted octanol–water partition coefficient (Wildman–Crippen LogP) is 5.91. The summed E-state index contributed by atoms with van der Waals surface area (Å²) in [6.07, 6.45) is -1.02. The largest absolute Gasteiger partial charge is 0.481 e. The molecule has 0 saturated heterocycles. The van der Waals surface area contributed by atoms with Gasteiger partial charge < -0.3 is 20.1 Å². The van der Waals surface area contributed by atoms with Crippen molar-refractivity contribution in [3.63, 3.8) is 0 Å². The van der Waals surface area contributed by atoms with Crippen molar-refractivity contribution < 1.29 is 28.9 Å². The van der Waals surface area contributed by atoms with Crippen LogP contribution < -0.4 is 20.1 Å². The summed E-state index contributed by atoms with van der Waals surface area (Å²) in [5.41, 5.74) is 3.08. The van der Waals surface area contributed by atoms with Crippen LogP contribution in [0.2, 0.25) is 0 Å². The van der Waals surface area contributed by atoms with Crippen LogP contribution in [0.5, 0.6) is 11.5 Å². The van der Waals surface area contributed by atoms with Crippen LogP contribution >= 0.6 is 0 Å². The molecule has 2 unspecified atom stereocenters. The number of carbonyl (C=O) groups excluding carboxylic acids is 2. The molecule has 12 heteroatoms. The van der Waals surface area contributed by atoms with E-state index in [0.717, 1.165) is 11.1 Å². The quantitative estimate of drug-likeness (QED) is 0.153. The van der Waals surface area contributed by atoms with Gasteiger partial charge in [0, 0.05) is 35.6 Å². The van der Waals surface area contributed by atoms with Crippen LogP contribution in [-0.4, -0.2) is 33.9 Å². The van der Waals surface area contributed by atoms with E-state index in [2.05, 4.69) is 10.6 Å². The van der Waals surface area contributed by atoms with E-state index in [1.807, 2.05) is 24.3 Å². The number of benzene rings is 4. The monoisotopic (exact) mass is 584 g/mol. The lowest BCUT2D eigenvalue weighted by molar-refractivity contribution is -0.385. The number of non-ortho nitro benzene ring substituents is 2. The molecule has 0 aliphatic carbocycles. The summed E-state index contributed by atoms with van der Waals surface area (Å²) in [5.74, 6) is -0.0362. The van der Waals surface area contributed by atoms with Gasteiger partial charge in [0.25, 0.3) is 23.2 Å². The number of nitrogens with zero attached hydrogens (tertiary/aromatic N) is 2. The number of anilines is 2. The fraction of sp³-hybridized carbons (Fsp3) is 0.161. The molecule has 2 N–H and O–H groups in total. The van der Waals surface area contributed by atoms with Crippen LogP contribution in [0, 0.1) is 20.2 Å². The smallest absolute Gasteiger partial charge is 0.269 e. The molecule has 12 nitrogen and oxygen atoms in total. The Kier molecular flexibility index (Phi) is 9.63. The summed E-state index contributed by atoms with van der Waals surface area (Å²) in [5, 5.41) is 27.1. The normalized spacial score (nSPS) is 12.0. The maximum Gasteiger partial charge on any atom is 0.269 e. The zero-order valence-electron chi connectivity index (χ0n) is 23.3. The SMILES string of the molecule is CC(Oc1ccc([N+](=O)[O-])cc1)C(=O)Nc1ccc(Cc2ccc(NC(=O)C(C)Oc3ccc([N+](=O)[O-])cc3)cc2)cc1. The van der Waals surface area contributed by atoms with Crippen LogP contribution in [0.15, 0.2) is 97.1 Å². The summed E-state index contributed by atoms with van der Waals surface area (Å²) in [4.78, 5) is 45.6. The Morgan fingerprint density at radius 1 is 0.605 bits per heavy atom. The number of nitrogens with one attached hydrogen (secondary N) is 2. The fourth-order valence-corrected chi connectivity index (χ4v) is 3.94. The first-order valence-corrected chi connectivity index (χ1v) is 13.2. The van der Waals surface area contributed by atoms with Gasteiger partial charge >= 0.3 is 0 Å². The molecule has 0 radical (unpaired) electrons. The highest BCUT2D eigenvalue weighted by Gasteiger charge is 2.17. The Bertz CT molecular complexity index is 1470. The van der Waals surface area contributed by atoms with Gasteiger partial charge in [-0.25, -0.2) is 0 Å². The molecule has 0 aromatic heterocycles. The molecule has 0 saturated carbocycles. The first-order chi connectivity index (χ1) is 20.6. The molecule has 4 aromatic rings. The van der Waals surface area contributed by atoms with E-state index in [-0.39, 0.29) is 23.2 Å². The summed E-state index contributed by atoms with van der Waals surface area (Å²) in [6, 6.07) is 25.7. The number of hydrogen-bond acceptors (Lipinski definition) is 8. The van der Waals surface area contributed by atoms with Crippen LogP contribution in [-0.2, 0) is 16.0 Å². The highest BCUT2D eigenvalue weighted by Crippen LogP contribution is 2.21. The zero-order valence-corrected chi connectivity index (χ0v) is 23.3. The third kappa shape index (κ3) is 8.60. The van der Waals surface area contributed by atoms with Gasteiger partial charge in [-0.3, -0.25) is 29.8 Å². The summed E-state index contributed by atoms with van der Waals surface area (Å²) < 4.78 is 11.2. The molecule has 4 aromatic carbocycles. The lowest BCUT2D eigenvalue weighted by Gasteiger charge is -2.15. The highest BCUT2D eigenvalue weighted by atomic mass is 16.6. The Morgan fingerprint density at radius 3 is 1.23 bits per heavy atom. The lowest BCUT2D eigenvalue weighted by Crippen LogP contribution is -2.30. The molecule has 43 heavy (non-hydrogen) atoms.